The number of carbonyl (C=O) groups is 2. The molecule has 1 heterocycles. The van der Waals surface area contributed by atoms with E-state index in [0.29, 0.717) is 11.1 Å². The second-order valence-electron chi connectivity index (χ2n) is 7.52. The third kappa shape index (κ3) is 3.94. The average Bonchev–Trinajstić information content (AvgIpc) is 3.34. The number of imidazole rings is 1. The van der Waals surface area contributed by atoms with Gasteiger partial charge in [-0.2, -0.15) is 0 Å². The first-order chi connectivity index (χ1) is 14.0. The van der Waals surface area contributed by atoms with Crippen molar-refractivity contribution in [2.45, 2.75) is 44.2 Å². The Morgan fingerprint density at radius 3 is 2.55 bits per heavy atom. The molecule has 0 aliphatic heterocycles. The fourth-order valence-electron chi connectivity index (χ4n) is 4.09. The molecule has 0 radical (unpaired) electrons. The van der Waals surface area contributed by atoms with Crippen LogP contribution in [0.1, 0.15) is 47.6 Å². The zero-order valence-corrected chi connectivity index (χ0v) is 15.9. The van der Waals surface area contributed by atoms with Crippen molar-refractivity contribution in [3.8, 4) is 0 Å². The minimum absolute atomic E-state index is 0.169. The van der Waals surface area contributed by atoms with Gasteiger partial charge in [-0.3, -0.25) is 9.36 Å². The lowest BCUT2D eigenvalue weighted by Crippen LogP contribution is -2.42. The molecule has 1 aromatic heterocycles. The van der Waals surface area contributed by atoms with E-state index in [2.05, 4.69) is 10.3 Å². The van der Waals surface area contributed by atoms with Gasteiger partial charge in [0.1, 0.15) is 6.04 Å². The normalized spacial score (nSPS) is 15.4. The molecule has 29 heavy (non-hydrogen) atoms. The van der Waals surface area contributed by atoms with E-state index in [1.807, 2.05) is 30.3 Å². The standard InChI is InChI=1S/C22H23N3O4/c26-20(23-18(21(27)28)12-14-6-2-1-3-7-14)15-10-11-19-17(13-15)24-22(29)25(19)16-8-4-5-9-16/h1-3,6-7,10-11,13,16,18H,4-5,8-9,12H2,(H,23,26)(H,24,29)(H,27,28). The average molecular weight is 393 g/mol. The number of benzene rings is 2. The third-order valence-corrected chi connectivity index (χ3v) is 5.55. The Balaban J connectivity index is 1.56. The van der Waals surface area contributed by atoms with Crippen LogP contribution in [0.4, 0.5) is 0 Å². The molecule has 2 aromatic carbocycles. The van der Waals surface area contributed by atoms with Crippen LogP contribution < -0.4 is 11.0 Å². The van der Waals surface area contributed by atoms with E-state index < -0.39 is 17.9 Å². The number of carboxylic acid groups (broad SMARTS) is 1. The van der Waals surface area contributed by atoms with Crippen molar-refractivity contribution in [1.29, 1.82) is 0 Å². The molecule has 3 N–H and O–H groups in total. The minimum atomic E-state index is -1.09. The van der Waals surface area contributed by atoms with Crippen molar-refractivity contribution < 1.29 is 14.7 Å². The number of aliphatic carboxylic acids is 1. The highest BCUT2D eigenvalue weighted by Crippen LogP contribution is 2.30. The van der Waals surface area contributed by atoms with Crippen molar-refractivity contribution in [2.24, 2.45) is 0 Å². The fraction of sp³-hybridized carbons (Fsp3) is 0.318. The van der Waals surface area contributed by atoms with Crippen molar-refractivity contribution >= 4 is 22.9 Å². The van der Waals surface area contributed by atoms with Crippen LogP contribution in [0.3, 0.4) is 0 Å². The number of carboxylic acids is 1. The van der Waals surface area contributed by atoms with E-state index >= 15 is 0 Å². The van der Waals surface area contributed by atoms with Crippen LogP contribution in [0.15, 0.2) is 53.3 Å². The molecular formula is C22H23N3O4. The molecule has 1 aliphatic carbocycles. The Morgan fingerprint density at radius 1 is 1.14 bits per heavy atom. The number of hydrogen-bond acceptors (Lipinski definition) is 3. The summed E-state index contributed by atoms with van der Waals surface area (Å²) in [5.41, 5.74) is 2.34. The first kappa shape index (κ1) is 19.0. The molecule has 1 saturated carbocycles. The topological polar surface area (TPSA) is 104 Å². The zero-order chi connectivity index (χ0) is 20.4. The maximum atomic E-state index is 12.7. The molecule has 4 rings (SSSR count). The molecule has 3 aromatic rings. The molecule has 0 spiro atoms. The van der Waals surface area contributed by atoms with Crippen LogP contribution in [0.5, 0.6) is 0 Å². The Bertz CT molecular complexity index is 1090. The van der Waals surface area contributed by atoms with Gasteiger partial charge in [0.15, 0.2) is 0 Å². The third-order valence-electron chi connectivity index (χ3n) is 5.55. The van der Waals surface area contributed by atoms with Gasteiger partial charge in [0.25, 0.3) is 5.91 Å². The quantitative estimate of drug-likeness (QED) is 0.599. The second-order valence-corrected chi connectivity index (χ2v) is 7.52. The molecule has 0 saturated heterocycles. The van der Waals surface area contributed by atoms with Gasteiger partial charge in [-0.05, 0) is 36.6 Å². The van der Waals surface area contributed by atoms with E-state index in [4.69, 9.17) is 0 Å². The number of nitrogens with zero attached hydrogens (tertiary/aromatic N) is 1. The van der Waals surface area contributed by atoms with Crippen LogP contribution in [0.25, 0.3) is 11.0 Å². The molecule has 1 fully saturated rings. The van der Waals surface area contributed by atoms with Crippen LogP contribution >= 0.6 is 0 Å². The molecule has 150 valence electrons. The van der Waals surface area contributed by atoms with Crippen LogP contribution in [-0.4, -0.2) is 32.6 Å². The van der Waals surface area contributed by atoms with Crippen LogP contribution in [0, 0.1) is 0 Å². The molecule has 7 nitrogen and oxygen atoms in total. The largest absolute Gasteiger partial charge is 0.480 e. The fourth-order valence-corrected chi connectivity index (χ4v) is 4.09. The molecule has 1 atom stereocenters. The number of fused-ring (bicyclic) bond motifs is 1. The lowest BCUT2D eigenvalue weighted by atomic mass is 10.1. The molecule has 1 amide bonds. The van der Waals surface area contributed by atoms with Crippen molar-refractivity contribution in [2.75, 3.05) is 0 Å². The zero-order valence-electron chi connectivity index (χ0n) is 15.9. The summed E-state index contributed by atoms with van der Waals surface area (Å²) < 4.78 is 1.78. The second kappa shape index (κ2) is 7.95. The first-order valence-electron chi connectivity index (χ1n) is 9.85. The summed E-state index contributed by atoms with van der Waals surface area (Å²) in [5.74, 6) is -1.58. The summed E-state index contributed by atoms with van der Waals surface area (Å²) >= 11 is 0. The molecule has 1 unspecified atom stereocenters. The first-order valence-corrected chi connectivity index (χ1v) is 9.85. The maximum absolute atomic E-state index is 12.7. The number of amides is 1. The van der Waals surface area contributed by atoms with Gasteiger partial charge in [-0.25, -0.2) is 9.59 Å². The number of aromatic amines is 1. The predicted octanol–water partition coefficient (Wildman–Crippen LogP) is 2.87. The van der Waals surface area contributed by atoms with Crippen molar-refractivity contribution in [3.05, 3.63) is 70.1 Å². The van der Waals surface area contributed by atoms with E-state index in [1.54, 1.807) is 22.8 Å². The van der Waals surface area contributed by atoms with E-state index in [9.17, 15) is 19.5 Å². The maximum Gasteiger partial charge on any atom is 0.326 e. The van der Waals surface area contributed by atoms with Gasteiger partial charge >= 0.3 is 11.7 Å². The number of carbonyl (C=O) groups excluding carboxylic acids is 1. The number of hydrogen-bond donors (Lipinski definition) is 3. The lowest BCUT2D eigenvalue weighted by Gasteiger charge is -2.15. The Morgan fingerprint density at radius 2 is 1.86 bits per heavy atom. The Labute approximate surface area is 167 Å². The number of rotatable bonds is 6. The summed E-state index contributed by atoms with van der Waals surface area (Å²) in [6, 6.07) is 13.3. The minimum Gasteiger partial charge on any atom is -0.480 e. The Hall–Kier alpha value is -3.35. The molecular weight excluding hydrogens is 370 g/mol. The lowest BCUT2D eigenvalue weighted by molar-refractivity contribution is -0.139. The highest BCUT2D eigenvalue weighted by Gasteiger charge is 2.23. The highest BCUT2D eigenvalue weighted by atomic mass is 16.4. The number of aromatic nitrogens is 2. The number of H-pyrrole nitrogens is 1. The van der Waals surface area contributed by atoms with Crippen molar-refractivity contribution in [1.82, 2.24) is 14.9 Å². The number of nitrogens with one attached hydrogen (secondary N) is 2. The summed E-state index contributed by atoms with van der Waals surface area (Å²) in [6.07, 6.45) is 4.38. The van der Waals surface area contributed by atoms with E-state index in [1.165, 1.54) is 0 Å². The van der Waals surface area contributed by atoms with Crippen molar-refractivity contribution in [3.63, 3.8) is 0 Å². The van der Waals surface area contributed by atoms with Gasteiger partial charge in [0.2, 0.25) is 0 Å². The highest BCUT2D eigenvalue weighted by molar-refractivity contribution is 5.99. The summed E-state index contributed by atoms with van der Waals surface area (Å²) in [5, 5.41) is 12.1. The summed E-state index contributed by atoms with van der Waals surface area (Å²) in [7, 11) is 0. The summed E-state index contributed by atoms with van der Waals surface area (Å²) in [4.78, 5) is 39.5. The SMILES string of the molecule is O=C(NC(Cc1ccccc1)C(=O)O)c1ccc2c(c1)[nH]c(=O)n2C1CCCC1. The van der Waals surface area contributed by atoms with Crippen LogP contribution in [0.2, 0.25) is 0 Å². The monoisotopic (exact) mass is 393 g/mol. The Kier molecular flexibility index (Phi) is 5.20. The van der Waals surface area contributed by atoms with E-state index in [0.717, 1.165) is 36.8 Å². The molecule has 0 bridgehead atoms. The van der Waals surface area contributed by atoms with Gasteiger partial charge < -0.3 is 15.4 Å². The van der Waals surface area contributed by atoms with Crippen LogP contribution in [-0.2, 0) is 11.2 Å². The molecule has 7 heteroatoms. The summed E-state index contributed by atoms with van der Waals surface area (Å²) in [6.45, 7) is 0. The van der Waals surface area contributed by atoms with Gasteiger partial charge in [-0.1, -0.05) is 43.2 Å². The molecule has 1 aliphatic rings. The van der Waals surface area contributed by atoms with Gasteiger partial charge in [0.05, 0.1) is 11.0 Å². The van der Waals surface area contributed by atoms with Gasteiger partial charge in [0, 0.05) is 18.0 Å². The predicted molar refractivity (Wildman–Crippen MR) is 109 cm³/mol. The smallest absolute Gasteiger partial charge is 0.326 e. The van der Waals surface area contributed by atoms with Gasteiger partial charge in [-0.15, -0.1) is 0 Å². The van der Waals surface area contributed by atoms with E-state index in [-0.39, 0.29) is 18.2 Å².